The van der Waals surface area contributed by atoms with Crippen molar-refractivity contribution in [3.63, 3.8) is 0 Å². The first-order chi connectivity index (χ1) is 10.5. The fourth-order valence-electron chi connectivity index (χ4n) is 1.98. The molecule has 2 rings (SSSR count). The molecule has 0 unspecified atom stereocenters. The summed E-state index contributed by atoms with van der Waals surface area (Å²) >= 11 is 1.29. The summed E-state index contributed by atoms with van der Waals surface area (Å²) in [6.07, 6.45) is 3.23. The predicted octanol–water partition coefficient (Wildman–Crippen LogP) is 4.62. The number of benzene rings is 2. The van der Waals surface area contributed by atoms with E-state index in [0.717, 1.165) is 11.1 Å². The molecule has 0 aliphatic carbocycles. The van der Waals surface area contributed by atoms with Crippen LogP contribution in [0.3, 0.4) is 0 Å². The predicted molar refractivity (Wildman–Crippen MR) is 92.6 cm³/mol. The Hall–Kier alpha value is -2.13. The van der Waals surface area contributed by atoms with Crippen molar-refractivity contribution in [3.05, 3.63) is 81.8 Å². The Morgan fingerprint density at radius 3 is 1.73 bits per heavy atom. The van der Waals surface area contributed by atoms with Crippen LogP contribution in [-0.4, -0.2) is 17.8 Å². The number of aryl methyl sites for hydroxylation is 2. The summed E-state index contributed by atoms with van der Waals surface area (Å²) in [4.78, 5) is 25.2. The molecule has 0 aliphatic heterocycles. The van der Waals surface area contributed by atoms with Gasteiger partial charge in [-0.25, -0.2) is 0 Å². The van der Waals surface area contributed by atoms with Crippen LogP contribution in [-0.2, 0) is 0 Å². The highest BCUT2D eigenvalue weighted by atomic mass is 32.2. The molecule has 0 spiro atoms. The zero-order chi connectivity index (χ0) is 16.1. The Kier molecular flexibility index (Phi) is 5.34. The average molecular weight is 310 g/mol. The standard InChI is InChI=1S/C19H18O2S/c1-13-4-8-15(9-5-13)17(20)12-18(22-3)19(21)16-10-6-14(2)7-11-16/h4-12H,1-3H3. The van der Waals surface area contributed by atoms with Crippen molar-refractivity contribution in [3.8, 4) is 0 Å². The molecule has 0 N–H and O–H groups in total. The summed E-state index contributed by atoms with van der Waals surface area (Å²) in [7, 11) is 0. The minimum atomic E-state index is -0.148. The van der Waals surface area contributed by atoms with E-state index in [9.17, 15) is 9.59 Å². The molecule has 0 saturated carbocycles. The molecule has 112 valence electrons. The largest absolute Gasteiger partial charge is 0.289 e. The van der Waals surface area contributed by atoms with E-state index in [1.165, 1.54) is 17.8 Å². The maximum atomic E-state index is 12.5. The van der Waals surface area contributed by atoms with Crippen LogP contribution in [0.15, 0.2) is 59.5 Å². The van der Waals surface area contributed by atoms with Gasteiger partial charge in [-0.1, -0.05) is 59.7 Å². The second kappa shape index (κ2) is 7.23. The van der Waals surface area contributed by atoms with Gasteiger partial charge in [0.25, 0.3) is 0 Å². The minimum Gasteiger partial charge on any atom is -0.289 e. The Morgan fingerprint density at radius 1 is 0.818 bits per heavy atom. The summed E-state index contributed by atoms with van der Waals surface area (Å²) in [5, 5.41) is 0. The molecule has 2 nitrogen and oxygen atoms in total. The number of thioether (sulfide) groups is 1. The third kappa shape index (κ3) is 3.95. The first-order valence-corrected chi connectivity index (χ1v) is 8.22. The van der Waals surface area contributed by atoms with Crippen molar-refractivity contribution in [1.29, 1.82) is 0 Å². The number of allylic oxidation sites excluding steroid dienone is 2. The lowest BCUT2D eigenvalue weighted by Gasteiger charge is -2.04. The molecule has 3 heteroatoms. The van der Waals surface area contributed by atoms with Crippen LogP contribution < -0.4 is 0 Å². The van der Waals surface area contributed by atoms with Crippen LogP contribution >= 0.6 is 11.8 Å². The van der Waals surface area contributed by atoms with E-state index >= 15 is 0 Å². The SMILES string of the molecule is CSC(=CC(=O)c1ccc(C)cc1)C(=O)c1ccc(C)cc1. The second-order valence-electron chi connectivity index (χ2n) is 5.14. The van der Waals surface area contributed by atoms with Gasteiger partial charge in [0.2, 0.25) is 0 Å². The fraction of sp³-hybridized carbons (Fsp3) is 0.158. The van der Waals surface area contributed by atoms with E-state index in [1.807, 2.05) is 38.1 Å². The first-order valence-electron chi connectivity index (χ1n) is 6.99. The lowest BCUT2D eigenvalue weighted by atomic mass is 10.1. The third-order valence-electron chi connectivity index (χ3n) is 3.36. The van der Waals surface area contributed by atoms with E-state index in [4.69, 9.17) is 0 Å². The normalized spacial score (nSPS) is 11.3. The van der Waals surface area contributed by atoms with Gasteiger partial charge in [-0.3, -0.25) is 9.59 Å². The monoisotopic (exact) mass is 310 g/mol. The number of ketones is 2. The van der Waals surface area contributed by atoms with Gasteiger partial charge in [0.05, 0.1) is 4.91 Å². The van der Waals surface area contributed by atoms with E-state index in [-0.39, 0.29) is 11.6 Å². The fourth-order valence-corrected chi connectivity index (χ4v) is 2.51. The highest BCUT2D eigenvalue weighted by molar-refractivity contribution is 8.03. The molecule has 0 fully saturated rings. The highest BCUT2D eigenvalue weighted by Crippen LogP contribution is 2.20. The van der Waals surface area contributed by atoms with Crippen LogP contribution in [0.25, 0.3) is 0 Å². The van der Waals surface area contributed by atoms with Crippen molar-refractivity contribution in [2.45, 2.75) is 13.8 Å². The molecule has 0 atom stereocenters. The quantitative estimate of drug-likeness (QED) is 0.597. The summed E-state index contributed by atoms with van der Waals surface area (Å²) in [5.74, 6) is -0.266. The zero-order valence-electron chi connectivity index (χ0n) is 12.9. The lowest BCUT2D eigenvalue weighted by molar-refractivity contribution is 0.101. The van der Waals surface area contributed by atoms with E-state index in [0.29, 0.717) is 16.0 Å². The van der Waals surface area contributed by atoms with Gasteiger partial charge >= 0.3 is 0 Å². The van der Waals surface area contributed by atoms with Crippen LogP contribution in [0.1, 0.15) is 31.8 Å². The van der Waals surface area contributed by atoms with Crippen molar-refractivity contribution in [2.24, 2.45) is 0 Å². The van der Waals surface area contributed by atoms with Gasteiger partial charge in [0.15, 0.2) is 11.6 Å². The van der Waals surface area contributed by atoms with Crippen LogP contribution in [0.4, 0.5) is 0 Å². The molecule has 2 aromatic carbocycles. The molecule has 0 radical (unpaired) electrons. The molecule has 22 heavy (non-hydrogen) atoms. The van der Waals surface area contributed by atoms with Crippen molar-refractivity contribution >= 4 is 23.3 Å². The van der Waals surface area contributed by atoms with Gasteiger partial charge < -0.3 is 0 Å². The Morgan fingerprint density at radius 2 is 1.27 bits per heavy atom. The average Bonchev–Trinajstić information content (AvgIpc) is 2.53. The van der Waals surface area contributed by atoms with Gasteiger partial charge in [-0.05, 0) is 20.1 Å². The zero-order valence-corrected chi connectivity index (χ0v) is 13.7. The molecule has 0 saturated heterocycles. The van der Waals surface area contributed by atoms with Gasteiger partial charge in [-0.2, -0.15) is 0 Å². The summed E-state index contributed by atoms with van der Waals surface area (Å²) in [6, 6.07) is 14.7. The van der Waals surface area contributed by atoms with E-state index in [2.05, 4.69) is 0 Å². The van der Waals surface area contributed by atoms with Crippen molar-refractivity contribution in [1.82, 2.24) is 0 Å². The number of Topliss-reactive ketones (excluding diaryl/α,β-unsaturated/α-hetero) is 1. The maximum Gasteiger partial charge on any atom is 0.199 e. The molecule has 2 aromatic rings. The summed E-state index contributed by atoms with van der Waals surface area (Å²) in [6.45, 7) is 3.94. The van der Waals surface area contributed by atoms with Crippen LogP contribution in [0, 0.1) is 13.8 Å². The van der Waals surface area contributed by atoms with E-state index in [1.54, 1.807) is 30.5 Å². The Labute approximate surface area is 135 Å². The van der Waals surface area contributed by atoms with Crippen molar-refractivity contribution in [2.75, 3.05) is 6.26 Å². The number of hydrogen-bond donors (Lipinski definition) is 0. The Balaban J connectivity index is 2.26. The Bertz CT molecular complexity index is 710. The number of carbonyl (C=O) groups excluding carboxylic acids is 2. The van der Waals surface area contributed by atoms with Gasteiger partial charge in [0, 0.05) is 17.2 Å². The second-order valence-corrected chi connectivity index (χ2v) is 5.99. The highest BCUT2D eigenvalue weighted by Gasteiger charge is 2.13. The molecule has 0 amide bonds. The smallest absolute Gasteiger partial charge is 0.199 e. The molecular weight excluding hydrogens is 292 g/mol. The third-order valence-corrected chi connectivity index (χ3v) is 4.10. The summed E-state index contributed by atoms with van der Waals surface area (Å²) in [5.41, 5.74) is 3.39. The van der Waals surface area contributed by atoms with Gasteiger partial charge in [-0.15, -0.1) is 11.8 Å². The molecular formula is C19H18O2S. The van der Waals surface area contributed by atoms with E-state index < -0.39 is 0 Å². The van der Waals surface area contributed by atoms with Gasteiger partial charge in [0.1, 0.15) is 0 Å². The maximum absolute atomic E-state index is 12.5. The number of hydrogen-bond acceptors (Lipinski definition) is 3. The summed E-state index contributed by atoms with van der Waals surface area (Å²) < 4.78 is 0. The molecule has 0 heterocycles. The number of carbonyl (C=O) groups is 2. The topological polar surface area (TPSA) is 34.1 Å². The minimum absolute atomic E-state index is 0.118. The number of rotatable bonds is 5. The van der Waals surface area contributed by atoms with Crippen LogP contribution in [0.2, 0.25) is 0 Å². The lowest BCUT2D eigenvalue weighted by Crippen LogP contribution is -2.04. The molecule has 0 bridgehead atoms. The molecule has 0 aliphatic rings. The first kappa shape index (κ1) is 16.2. The van der Waals surface area contributed by atoms with Crippen molar-refractivity contribution < 1.29 is 9.59 Å². The molecule has 0 aromatic heterocycles. The van der Waals surface area contributed by atoms with Crippen LogP contribution in [0.5, 0.6) is 0 Å².